The number of hydrogen-bond acceptors (Lipinski definition) is 5. The molecule has 0 radical (unpaired) electrons. The Morgan fingerprint density at radius 3 is 2.52 bits per heavy atom. The van der Waals surface area contributed by atoms with Gasteiger partial charge in [-0.3, -0.25) is 9.59 Å². The number of methoxy groups -OCH3 is 1. The number of anilines is 1. The first-order valence-electron chi connectivity index (χ1n) is 7.67. The van der Waals surface area contributed by atoms with E-state index >= 15 is 0 Å². The third-order valence-electron chi connectivity index (χ3n) is 4.00. The minimum absolute atomic E-state index is 0.0892. The zero-order chi connectivity index (χ0) is 16.8. The normalized spacial score (nSPS) is 16.1. The average Bonchev–Trinajstić information content (AvgIpc) is 2.59. The van der Waals surface area contributed by atoms with Crippen molar-refractivity contribution in [3.05, 3.63) is 24.3 Å². The molecule has 23 heavy (non-hydrogen) atoms. The van der Waals surface area contributed by atoms with Crippen molar-refractivity contribution in [1.82, 2.24) is 4.90 Å². The molecule has 1 atom stereocenters. The summed E-state index contributed by atoms with van der Waals surface area (Å²) in [5.74, 6) is -0.300. The van der Waals surface area contributed by atoms with Crippen molar-refractivity contribution in [1.29, 1.82) is 0 Å². The van der Waals surface area contributed by atoms with Gasteiger partial charge in [0.15, 0.2) is 0 Å². The van der Waals surface area contributed by atoms with Crippen LogP contribution in [0.15, 0.2) is 24.3 Å². The maximum Gasteiger partial charge on any atom is 0.303 e. The van der Waals surface area contributed by atoms with Crippen LogP contribution >= 0.6 is 0 Å². The first kappa shape index (κ1) is 17.1. The third-order valence-corrected chi connectivity index (χ3v) is 4.00. The van der Waals surface area contributed by atoms with Gasteiger partial charge >= 0.3 is 5.97 Å². The van der Waals surface area contributed by atoms with Gasteiger partial charge in [0.25, 0.3) is 0 Å². The fraction of sp³-hybridized carbons (Fsp3) is 0.500. The fourth-order valence-electron chi connectivity index (χ4n) is 2.70. The second-order valence-corrected chi connectivity index (χ2v) is 5.52. The number of para-hydroxylation sites is 2. The number of carboxylic acids is 1. The molecule has 1 fully saturated rings. The molecule has 0 aliphatic carbocycles. The number of nitrogens with zero attached hydrogens (tertiary/aromatic N) is 2. The Morgan fingerprint density at radius 2 is 1.91 bits per heavy atom. The molecule has 126 valence electrons. The molecule has 1 aliphatic heterocycles. The van der Waals surface area contributed by atoms with E-state index in [1.807, 2.05) is 24.3 Å². The van der Waals surface area contributed by atoms with Crippen molar-refractivity contribution in [3.63, 3.8) is 0 Å². The molecule has 0 spiro atoms. The molecule has 1 aromatic carbocycles. The van der Waals surface area contributed by atoms with Crippen LogP contribution in [0.2, 0.25) is 0 Å². The molecule has 0 aromatic heterocycles. The van der Waals surface area contributed by atoms with Gasteiger partial charge in [-0.05, 0) is 18.6 Å². The Balaban J connectivity index is 1.90. The number of carboxylic acid groups (broad SMARTS) is 1. The van der Waals surface area contributed by atoms with Crippen LogP contribution in [0.5, 0.6) is 5.75 Å². The molecule has 1 saturated heterocycles. The van der Waals surface area contributed by atoms with Gasteiger partial charge in [-0.2, -0.15) is 0 Å². The summed E-state index contributed by atoms with van der Waals surface area (Å²) in [5.41, 5.74) is 6.81. The molecular weight excluding hydrogens is 298 g/mol. The van der Waals surface area contributed by atoms with Crippen LogP contribution in [0, 0.1) is 0 Å². The first-order valence-corrected chi connectivity index (χ1v) is 7.67. The zero-order valence-electron chi connectivity index (χ0n) is 13.3. The summed E-state index contributed by atoms with van der Waals surface area (Å²) in [6, 6.07) is 7.04. The van der Waals surface area contributed by atoms with E-state index in [0.29, 0.717) is 26.2 Å². The summed E-state index contributed by atoms with van der Waals surface area (Å²) in [6.45, 7) is 2.52. The molecule has 1 aromatic rings. The average molecular weight is 321 g/mol. The van der Waals surface area contributed by atoms with E-state index in [2.05, 4.69) is 4.90 Å². The summed E-state index contributed by atoms with van der Waals surface area (Å²) >= 11 is 0. The molecule has 1 heterocycles. The van der Waals surface area contributed by atoms with Gasteiger partial charge in [-0.15, -0.1) is 0 Å². The number of amides is 1. The highest BCUT2D eigenvalue weighted by molar-refractivity contribution is 5.82. The van der Waals surface area contributed by atoms with Crippen LogP contribution in [0.4, 0.5) is 5.69 Å². The molecule has 1 amide bonds. The molecule has 7 nitrogen and oxygen atoms in total. The number of carbonyl (C=O) groups excluding carboxylic acids is 1. The standard InChI is InChI=1S/C16H23N3O4/c1-23-14-5-3-2-4-13(14)18-8-10-19(11-9-18)16(22)12(17)6-7-15(20)21/h2-5,12H,6-11,17H2,1H3,(H,20,21)/t12-/m0/s1. The Kier molecular flexibility index (Phi) is 5.81. The van der Waals surface area contributed by atoms with Gasteiger partial charge in [0.1, 0.15) is 5.75 Å². The fourth-order valence-corrected chi connectivity index (χ4v) is 2.70. The number of nitrogens with two attached hydrogens (primary N) is 1. The Bertz CT molecular complexity index is 556. The van der Waals surface area contributed by atoms with Crippen LogP contribution < -0.4 is 15.4 Å². The molecule has 3 N–H and O–H groups in total. The lowest BCUT2D eigenvalue weighted by Crippen LogP contribution is -2.53. The molecule has 0 unspecified atom stereocenters. The first-order chi connectivity index (χ1) is 11.0. The topological polar surface area (TPSA) is 96.1 Å². The summed E-state index contributed by atoms with van der Waals surface area (Å²) in [4.78, 5) is 26.7. The zero-order valence-corrected chi connectivity index (χ0v) is 13.3. The van der Waals surface area contributed by atoms with Gasteiger partial charge in [-0.1, -0.05) is 12.1 Å². The van der Waals surface area contributed by atoms with Crippen molar-refractivity contribution in [2.24, 2.45) is 5.73 Å². The highest BCUT2D eigenvalue weighted by atomic mass is 16.5. The van der Waals surface area contributed by atoms with Crippen LogP contribution in [-0.2, 0) is 9.59 Å². The maximum absolute atomic E-state index is 12.2. The minimum Gasteiger partial charge on any atom is -0.495 e. The highest BCUT2D eigenvalue weighted by Gasteiger charge is 2.26. The Morgan fingerprint density at radius 1 is 1.26 bits per heavy atom. The monoisotopic (exact) mass is 321 g/mol. The Labute approximate surface area is 135 Å². The molecule has 2 rings (SSSR count). The lowest BCUT2D eigenvalue weighted by molar-refractivity contribution is -0.137. The lowest BCUT2D eigenvalue weighted by atomic mass is 10.1. The number of carbonyl (C=O) groups is 2. The van der Waals surface area contributed by atoms with Crippen molar-refractivity contribution in [3.8, 4) is 5.75 Å². The third kappa shape index (κ3) is 4.35. The van der Waals surface area contributed by atoms with Crippen molar-refractivity contribution >= 4 is 17.6 Å². The largest absolute Gasteiger partial charge is 0.495 e. The molecule has 1 aliphatic rings. The number of aliphatic carboxylic acids is 1. The molecule has 0 saturated carbocycles. The summed E-state index contributed by atoms with van der Waals surface area (Å²) in [7, 11) is 1.64. The van der Waals surface area contributed by atoms with E-state index in [1.165, 1.54) is 0 Å². The van der Waals surface area contributed by atoms with Crippen molar-refractivity contribution in [2.45, 2.75) is 18.9 Å². The van der Waals surface area contributed by atoms with Crippen molar-refractivity contribution < 1.29 is 19.4 Å². The molecular formula is C16H23N3O4. The minimum atomic E-state index is -0.936. The van der Waals surface area contributed by atoms with E-state index in [1.54, 1.807) is 12.0 Å². The number of benzene rings is 1. The van der Waals surface area contributed by atoms with Crippen LogP contribution in [0.1, 0.15) is 12.8 Å². The quantitative estimate of drug-likeness (QED) is 0.794. The summed E-state index contributed by atoms with van der Waals surface area (Å²) < 4.78 is 5.37. The summed E-state index contributed by atoms with van der Waals surface area (Å²) in [5, 5.41) is 8.67. The number of rotatable bonds is 6. The van der Waals surface area contributed by atoms with E-state index in [0.717, 1.165) is 11.4 Å². The van der Waals surface area contributed by atoms with E-state index in [4.69, 9.17) is 15.6 Å². The van der Waals surface area contributed by atoms with E-state index < -0.39 is 12.0 Å². The van der Waals surface area contributed by atoms with Gasteiger partial charge in [0, 0.05) is 32.6 Å². The van der Waals surface area contributed by atoms with Gasteiger partial charge in [0.2, 0.25) is 5.91 Å². The number of ether oxygens (including phenoxy) is 1. The van der Waals surface area contributed by atoms with E-state index in [9.17, 15) is 9.59 Å². The molecule has 0 bridgehead atoms. The SMILES string of the molecule is COc1ccccc1N1CCN(C(=O)[C@@H](N)CCC(=O)O)CC1. The van der Waals surface area contributed by atoms with Gasteiger partial charge < -0.3 is 25.4 Å². The predicted molar refractivity (Wildman–Crippen MR) is 86.6 cm³/mol. The van der Waals surface area contributed by atoms with Gasteiger partial charge in [0.05, 0.1) is 18.8 Å². The second kappa shape index (κ2) is 7.82. The Hall–Kier alpha value is -2.28. The van der Waals surface area contributed by atoms with Crippen LogP contribution in [0.3, 0.4) is 0 Å². The summed E-state index contributed by atoms with van der Waals surface area (Å²) in [6.07, 6.45) is 0.0783. The smallest absolute Gasteiger partial charge is 0.303 e. The number of hydrogen-bond donors (Lipinski definition) is 2. The van der Waals surface area contributed by atoms with E-state index in [-0.39, 0.29) is 18.7 Å². The van der Waals surface area contributed by atoms with Crippen molar-refractivity contribution in [2.75, 3.05) is 38.2 Å². The van der Waals surface area contributed by atoms with Crippen LogP contribution in [0.25, 0.3) is 0 Å². The number of piperazine rings is 1. The lowest BCUT2D eigenvalue weighted by Gasteiger charge is -2.37. The van der Waals surface area contributed by atoms with Gasteiger partial charge in [-0.25, -0.2) is 0 Å². The second-order valence-electron chi connectivity index (χ2n) is 5.52. The maximum atomic E-state index is 12.2. The molecule has 7 heteroatoms. The van der Waals surface area contributed by atoms with Crippen LogP contribution in [-0.4, -0.2) is 61.2 Å². The highest BCUT2D eigenvalue weighted by Crippen LogP contribution is 2.28. The predicted octanol–water partition coefficient (Wildman–Crippen LogP) is 0.536.